The first-order valence-corrected chi connectivity index (χ1v) is 6.01. The summed E-state index contributed by atoms with van der Waals surface area (Å²) in [7, 11) is 0. The summed E-state index contributed by atoms with van der Waals surface area (Å²) in [6.07, 6.45) is 2.70. The van der Waals surface area contributed by atoms with Gasteiger partial charge < -0.3 is 0 Å². The molecule has 1 aliphatic rings. The van der Waals surface area contributed by atoms with Crippen molar-refractivity contribution in [2.24, 2.45) is 0 Å². The maximum atomic E-state index is 2.61. The molecular weight excluding hydrogens is 178 g/mol. The second kappa shape index (κ2) is 3.81. The monoisotopic (exact) mass is 195 g/mol. The smallest absolute Gasteiger partial charge is 0.0359 e. The molecule has 0 N–H and O–H groups in total. The Balaban J connectivity index is 2.14. The van der Waals surface area contributed by atoms with Crippen LogP contribution in [-0.4, -0.2) is 17.5 Å². The highest BCUT2D eigenvalue weighted by molar-refractivity contribution is 7.07. The summed E-state index contributed by atoms with van der Waals surface area (Å²) in [4.78, 5) is 2.61. The molecule has 2 rings (SSSR count). The van der Waals surface area contributed by atoms with Gasteiger partial charge in [0.15, 0.2) is 0 Å². The molecular formula is C11H17NS. The van der Waals surface area contributed by atoms with Gasteiger partial charge in [0, 0.05) is 12.1 Å². The van der Waals surface area contributed by atoms with E-state index >= 15 is 0 Å². The first-order chi connectivity index (χ1) is 6.29. The van der Waals surface area contributed by atoms with Gasteiger partial charge in [0.1, 0.15) is 0 Å². The Morgan fingerprint density at radius 1 is 1.54 bits per heavy atom. The van der Waals surface area contributed by atoms with Crippen molar-refractivity contribution in [3.63, 3.8) is 0 Å². The largest absolute Gasteiger partial charge is 0.294 e. The van der Waals surface area contributed by atoms with Crippen LogP contribution in [-0.2, 0) is 0 Å². The molecule has 1 saturated heterocycles. The Morgan fingerprint density at radius 3 is 3.00 bits per heavy atom. The Morgan fingerprint density at radius 2 is 2.38 bits per heavy atom. The first kappa shape index (κ1) is 9.22. The van der Waals surface area contributed by atoms with Crippen molar-refractivity contribution in [3.8, 4) is 0 Å². The van der Waals surface area contributed by atoms with Crippen LogP contribution in [0.3, 0.4) is 0 Å². The molecule has 1 fully saturated rings. The fourth-order valence-corrected chi connectivity index (χ4v) is 2.94. The van der Waals surface area contributed by atoms with E-state index in [2.05, 4.69) is 35.6 Å². The van der Waals surface area contributed by atoms with Crippen molar-refractivity contribution in [1.82, 2.24) is 4.90 Å². The topological polar surface area (TPSA) is 3.24 Å². The molecule has 2 heterocycles. The summed E-state index contributed by atoms with van der Waals surface area (Å²) in [6, 6.07) is 3.66. The summed E-state index contributed by atoms with van der Waals surface area (Å²) in [5.41, 5.74) is 1.52. The second-order valence-corrected chi connectivity index (χ2v) is 4.83. The van der Waals surface area contributed by atoms with Gasteiger partial charge in [-0.3, -0.25) is 4.90 Å². The molecule has 0 unspecified atom stereocenters. The first-order valence-electron chi connectivity index (χ1n) is 5.07. The molecule has 0 amide bonds. The van der Waals surface area contributed by atoms with Gasteiger partial charge >= 0.3 is 0 Å². The summed E-state index contributed by atoms with van der Waals surface area (Å²) >= 11 is 1.81. The van der Waals surface area contributed by atoms with Crippen molar-refractivity contribution in [3.05, 3.63) is 22.4 Å². The molecule has 1 aliphatic heterocycles. The fraction of sp³-hybridized carbons (Fsp3) is 0.636. The Bertz CT molecular complexity index is 253. The van der Waals surface area contributed by atoms with E-state index < -0.39 is 0 Å². The van der Waals surface area contributed by atoms with Crippen LogP contribution < -0.4 is 0 Å². The lowest BCUT2D eigenvalue weighted by Gasteiger charge is -2.27. The van der Waals surface area contributed by atoms with Gasteiger partial charge in [0.05, 0.1) is 0 Å². The van der Waals surface area contributed by atoms with Gasteiger partial charge in [-0.1, -0.05) is 0 Å². The molecule has 13 heavy (non-hydrogen) atoms. The van der Waals surface area contributed by atoms with E-state index in [-0.39, 0.29) is 0 Å². The average Bonchev–Trinajstić information content (AvgIpc) is 2.74. The Kier molecular flexibility index (Phi) is 2.70. The maximum absolute atomic E-state index is 2.61. The molecule has 0 aliphatic carbocycles. The molecule has 1 nitrogen and oxygen atoms in total. The van der Waals surface area contributed by atoms with Crippen LogP contribution in [0.1, 0.15) is 38.3 Å². The number of thiophene rings is 1. The van der Waals surface area contributed by atoms with Crippen molar-refractivity contribution in [1.29, 1.82) is 0 Å². The third-order valence-corrected chi connectivity index (χ3v) is 3.59. The van der Waals surface area contributed by atoms with E-state index in [1.54, 1.807) is 0 Å². The molecule has 0 bridgehead atoms. The molecule has 0 saturated carbocycles. The normalized spacial score (nSPS) is 24.4. The molecule has 0 aromatic carbocycles. The molecule has 0 radical (unpaired) electrons. The van der Waals surface area contributed by atoms with Gasteiger partial charge in [-0.05, 0) is 55.6 Å². The van der Waals surface area contributed by atoms with E-state index in [1.807, 2.05) is 11.3 Å². The zero-order valence-electron chi connectivity index (χ0n) is 8.36. The van der Waals surface area contributed by atoms with E-state index in [0.29, 0.717) is 12.1 Å². The van der Waals surface area contributed by atoms with Crippen LogP contribution in [0.15, 0.2) is 16.8 Å². The summed E-state index contributed by atoms with van der Waals surface area (Å²) < 4.78 is 0. The van der Waals surface area contributed by atoms with Crippen LogP contribution in [0.2, 0.25) is 0 Å². The lowest BCUT2D eigenvalue weighted by molar-refractivity contribution is 0.206. The van der Waals surface area contributed by atoms with Crippen LogP contribution in [0.5, 0.6) is 0 Å². The van der Waals surface area contributed by atoms with Crippen LogP contribution in [0.4, 0.5) is 0 Å². The highest BCUT2D eigenvalue weighted by Gasteiger charge is 2.27. The Hall–Kier alpha value is -0.340. The minimum absolute atomic E-state index is 0.687. The quantitative estimate of drug-likeness (QED) is 0.700. The van der Waals surface area contributed by atoms with Gasteiger partial charge in [0.25, 0.3) is 0 Å². The summed E-state index contributed by atoms with van der Waals surface area (Å²) in [5.74, 6) is 0. The van der Waals surface area contributed by atoms with Crippen molar-refractivity contribution in [2.75, 3.05) is 6.54 Å². The average molecular weight is 195 g/mol. The molecule has 1 aromatic heterocycles. The van der Waals surface area contributed by atoms with E-state index in [4.69, 9.17) is 0 Å². The number of likely N-dealkylation sites (tertiary alicyclic amines) is 1. The van der Waals surface area contributed by atoms with Crippen molar-refractivity contribution < 1.29 is 0 Å². The second-order valence-electron chi connectivity index (χ2n) is 4.05. The molecule has 2 heteroatoms. The third kappa shape index (κ3) is 1.79. The fourth-order valence-electron chi connectivity index (χ4n) is 2.23. The highest BCUT2D eigenvalue weighted by atomic mass is 32.1. The SMILES string of the molecule is CC(C)N1CCC[C@H]1c1ccsc1. The lowest BCUT2D eigenvalue weighted by Crippen LogP contribution is -2.29. The number of hydrogen-bond acceptors (Lipinski definition) is 2. The van der Waals surface area contributed by atoms with Gasteiger partial charge in [-0.25, -0.2) is 0 Å². The van der Waals surface area contributed by atoms with Crippen LogP contribution >= 0.6 is 11.3 Å². The van der Waals surface area contributed by atoms with Crippen LogP contribution in [0, 0.1) is 0 Å². The highest BCUT2D eigenvalue weighted by Crippen LogP contribution is 2.34. The minimum Gasteiger partial charge on any atom is -0.294 e. The number of rotatable bonds is 2. The zero-order chi connectivity index (χ0) is 9.26. The van der Waals surface area contributed by atoms with Gasteiger partial charge in [-0.15, -0.1) is 0 Å². The molecule has 1 aromatic rings. The van der Waals surface area contributed by atoms with Crippen molar-refractivity contribution in [2.45, 2.75) is 38.8 Å². The van der Waals surface area contributed by atoms with Gasteiger partial charge in [0.2, 0.25) is 0 Å². The van der Waals surface area contributed by atoms with Crippen molar-refractivity contribution >= 4 is 11.3 Å². The van der Waals surface area contributed by atoms with E-state index in [0.717, 1.165) is 0 Å². The molecule has 1 atom stereocenters. The molecule has 0 spiro atoms. The Labute approximate surface area is 84.4 Å². The van der Waals surface area contributed by atoms with Gasteiger partial charge in [-0.2, -0.15) is 11.3 Å². The lowest BCUT2D eigenvalue weighted by atomic mass is 10.1. The number of hydrogen-bond donors (Lipinski definition) is 0. The zero-order valence-corrected chi connectivity index (χ0v) is 9.18. The predicted molar refractivity (Wildman–Crippen MR) is 58.1 cm³/mol. The van der Waals surface area contributed by atoms with E-state index in [9.17, 15) is 0 Å². The minimum atomic E-state index is 0.687. The maximum Gasteiger partial charge on any atom is 0.0359 e. The predicted octanol–water partition coefficient (Wildman–Crippen LogP) is 3.29. The summed E-state index contributed by atoms with van der Waals surface area (Å²) in [5, 5.41) is 4.48. The molecule has 72 valence electrons. The van der Waals surface area contributed by atoms with Crippen LogP contribution in [0.25, 0.3) is 0 Å². The standard InChI is InChI=1S/C11H17NS/c1-9(2)12-6-3-4-11(12)10-5-7-13-8-10/h5,7-9,11H,3-4,6H2,1-2H3/t11-/m0/s1. The number of nitrogens with zero attached hydrogens (tertiary/aromatic N) is 1. The third-order valence-electron chi connectivity index (χ3n) is 2.89. The summed E-state index contributed by atoms with van der Waals surface area (Å²) in [6.45, 7) is 5.87. The van der Waals surface area contributed by atoms with E-state index in [1.165, 1.54) is 24.9 Å².